The Morgan fingerprint density at radius 1 is 1.10 bits per heavy atom. The molecule has 1 amide bonds. The molecule has 1 saturated heterocycles. The Bertz CT molecular complexity index is 1560. The van der Waals surface area contributed by atoms with Gasteiger partial charge in [0.1, 0.15) is 15.4 Å². The second-order valence-electron chi connectivity index (χ2n) is 10.0. The lowest BCUT2D eigenvalue weighted by Crippen LogP contribution is -2.43. The van der Waals surface area contributed by atoms with E-state index in [-0.39, 0.29) is 23.5 Å². The highest BCUT2D eigenvalue weighted by Gasteiger charge is 2.66. The number of benzene rings is 2. The van der Waals surface area contributed by atoms with Crippen LogP contribution < -0.4 is 15.5 Å². The highest BCUT2D eigenvalue weighted by Crippen LogP contribution is 2.60. The molecule has 6 rings (SSSR count). The summed E-state index contributed by atoms with van der Waals surface area (Å²) >= 11 is 0.889. The summed E-state index contributed by atoms with van der Waals surface area (Å²) in [6.45, 7) is 1.58. The van der Waals surface area contributed by atoms with Crippen molar-refractivity contribution in [1.29, 1.82) is 10.8 Å². The molecule has 10 nitrogen and oxygen atoms in total. The van der Waals surface area contributed by atoms with Crippen molar-refractivity contribution < 1.29 is 27.4 Å². The minimum atomic E-state index is -4.47. The van der Waals surface area contributed by atoms with Crippen LogP contribution in [0.4, 0.5) is 23.9 Å². The number of nitrogens with zero attached hydrogens (tertiary/aromatic N) is 3. The first-order valence-electron chi connectivity index (χ1n) is 13.2. The lowest BCUT2D eigenvalue weighted by atomic mass is 10.0. The Morgan fingerprint density at radius 2 is 1.79 bits per heavy atom. The van der Waals surface area contributed by atoms with Gasteiger partial charge in [0.15, 0.2) is 5.69 Å². The maximum absolute atomic E-state index is 13.9. The van der Waals surface area contributed by atoms with Gasteiger partial charge in [0.25, 0.3) is 11.9 Å². The number of morpholine rings is 1. The fourth-order valence-electron chi connectivity index (χ4n) is 4.87. The molecular formula is C28H26F3N7O3S. The van der Waals surface area contributed by atoms with E-state index < -0.39 is 35.6 Å². The van der Waals surface area contributed by atoms with Crippen molar-refractivity contribution in [1.82, 2.24) is 10.3 Å². The van der Waals surface area contributed by atoms with E-state index in [4.69, 9.17) is 20.3 Å². The molecule has 2 aromatic carbocycles. The van der Waals surface area contributed by atoms with Gasteiger partial charge in [-0.05, 0) is 18.9 Å². The summed E-state index contributed by atoms with van der Waals surface area (Å²) in [6, 6.07) is 15.7. The maximum atomic E-state index is 13.9. The minimum absolute atomic E-state index is 0.0709. The quantitative estimate of drug-likeness (QED) is 0.257. The predicted octanol–water partition coefficient (Wildman–Crippen LogP) is 4.26. The zero-order valence-corrected chi connectivity index (χ0v) is 22.9. The van der Waals surface area contributed by atoms with Crippen LogP contribution >= 0.6 is 11.3 Å². The molecule has 3 aliphatic rings. The highest BCUT2D eigenvalue weighted by molar-refractivity contribution is 7.16. The van der Waals surface area contributed by atoms with Crippen LogP contribution in [0.15, 0.2) is 59.6 Å². The molecule has 1 aliphatic carbocycles. The number of anilines is 2. The van der Waals surface area contributed by atoms with Gasteiger partial charge in [0.05, 0.1) is 24.6 Å². The van der Waals surface area contributed by atoms with Crippen molar-refractivity contribution in [2.75, 3.05) is 36.5 Å². The van der Waals surface area contributed by atoms with Gasteiger partial charge < -0.3 is 25.0 Å². The molecule has 42 heavy (non-hydrogen) atoms. The number of carbonyl (C=O) groups excluding carboxylic acids is 1. The first-order valence-corrected chi connectivity index (χ1v) is 14.0. The van der Waals surface area contributed by atoms with E-state index in [1.807, 2.05) is 47.4 Å². The number of carbonyl (C=O) groups is 1. The Kier molecular flexibility index (Phi) is 7.19. The molecule has 2 aliphatic heterocycles. The Morgan fingerprint density at radius 3 is 2.48 bits per heavy atom. The minimum Gasteiger partial charge on any atom is -0.405 e. The summed E-state index contributed by atoms with van der Waals surface area (Å²) in [6.07, 6.45) is -5.91. The highest BCUT2D eigenvalue weighted by atomic mass is 32.1. The fourth-order valence-corrected chi connectivity index (χ4v) is 6.26. The molecule has 1 aromatic heterocycles. The number of halogens is 3. The largest absolute Gasteiger partial charge is 0.405 e. The lowest BCUT2D eigenvalue weighted by Gasteiger charge is -2.28. The molecule has 3 aromatic rings. The predicted molar refractivity (Wildman–Crippen MR) is 152 cm³/mol. The van der Waals surface area contributed by atoms with Crippen molar-refractivity contribution in [3.05, 3.63) is 76.4 Å². The number of nitrogens with one attached hydrogen (secondary N) is 4. The molecule has 1 atom stereocenters. The summed E-state index contributed by atoms with van der Waals surface area (Å²) < 4.78 is 52.5. The van der Waals surface area contributed by atoms with Gasteiger partial charge in [-0.25, -0.2) is 9.98 Å². The monoisotopic (exact) mass is 597 g/mol. The number of para-hydroxylation sites is 1. The van der Waals surface area contributed by atoms with Crippen molar-refractivity contribution in [3.63, 3.8) is 0 Å². The summed E-state index contributed by atoms with van der Waals surface area (Å²) in [5.41, 5.74) is 0.357. The van der Waals surface area contributed by atoms with Gasteiger partial charge in [-0.1, -0.05) is 59.9 Å². The summed E-state index contributed by atoms with van der Waals surface area (Å²) in [5, 5.41) is 22.6. The summed E-state index contributed by atoms with van der Waals surface area (Å²) in [4.78, 5) is 23.7. The van der Waals surface area contributed by atoms with Crippen LogP contribution in [0.2, 0.25) is 0 Å². The number of hydrogen-bond acceptors (Lipinski definition) is 9. The zero-order valence-electron chi connectivity index (χ0n) is 22.1. The van der Waals surface area contributed by atoms with E-state index in [2.05, 4.69) is 20.6 Å². The Hall–Kier alpha value is -4.30. The number of amidine groups is 1. The number of thiazole rings is 1. The standard InChI is InChI=1S/C28H26F3N7O3S/c29-28(30,31)27(10-11-27)25-36-20(24(42-25)38-12-14-40-15-13-38)21(32)41-26(33)37-22-23(39)34-18-9-5-4-8-17(18)19(35-22)16-6-2-1-3-7-16/h1-9,22,32H,10-15H2,(H2,33,37)(H,34,39). The number of benzodiazepines with no additional fused rings is 1. The number of hydrogen-bond donors (Lipinski definition) is 4. The van der Waals surface area contributed by atoms with E-state index in [0.717, 1.165) is 16.9 Å². The second-order valence-corrected chi connectivity index (χ2v) is 11.0. The van der Waals surface area contributed by atoms with Gasteiger partial charge in [0, 0.05) is 24.2 Å². The van der Waals surface area contributed by atoms with E-state index in [1.165, 1.54) is 0 Å². The van der Waals surface area contributed by atoms with E-state index >= 15 is 0 Å². The van der Waals surface area contributed by atoms with Crippen LogP contribution in [0.3, 0.4) is 0 Å². The number of ether oxygens (including phenoxy) is 2. The SMILES string of the molecule is N=C(NC1N=C(c2ccccc2)c2ccccc2NC1=O)OC(=N)c1nc(C2(C(F)(F)F)CC2)sc1N1CCOCC1. The van der Waals surface area contributed by atoms with Crippen LogP contribution in [0.25, 0.3) is 0 Å². The first kappa shape index (κ1) is 27.8. The fraction of sp³-hybridized carbons (Fsp3) is 0.321. The second kappa shape index (κ2) is 10.8. The first-order chi connectivity index (χ1) is 20.2. The average Bonchev–Trinajstić information content (AvgIpc) is 3.71. The van der Waals surface area contributed by atoms with Crippen LogP contribution in [0.1, 0.15) is 34.7 Å². The third-order valence-corrected chi connectivity index (χ3v) is 8.61. The van der Waals surface area contributed by atoms with Crippen LogP contribution in [-0.2, 0) is 19.7 Å². The number of alkyl halides is 3. The summed E-state index contributed by atoms with van der Waals surface area (Å²) in [5.74, 6) is -1.17. The normalized spacial score (nSPS) is 19.6. The molecule has 1 saturated carbocycles. The molecule has 3 heterocycles. The summed E-state index contributed by atoms with van der Waals surface area (Å²) in [7, 11) is 0. The van der Waals surface area contributed by atoms with Crippen molar-refractivity contribution >= 4 is 45.6 Å². The number of aromatic nitrogens is 1. The molecule has 2 fully saturated rings. The van der Waals surface area contributed by atoms with Crippen LogP contribution in [-0.4, -0.2) is 67.2 Å². The molecule has 14 heteroatoms. The van der Waals surface area contributed by atoms with E-state index in [9.17, 15) is 18.0 Å². The molecule has 1 unspecified atom stereocenters. The van der Waals surface area contributed by atoms with Crippen molar-refractivity contribution in [2.45, 2.75) is 30.6 Å². The number of fused-ring (bicyclic) bond motifs is 1. The molecule has 218 valence electrons. The van der Waals surface area contributed by atoms with Gasteiger partial charge in [-0.3, -0.25) is 15.6 Å². The molecular weight excluding hydrogens is 571 g/mol. The lowest BCUT2D eigenvalue weighted by molar-refractivity contribution is -0.160. The molecule has 0 spiro atoms. The number of rotatable bonds is 5. The smallest absolute Gasteiger partial charge is 0.400 e. The van der Waals surface area contributed by atoms with Gasteiger partial charge in [-0.15, -0.1) is 0 Å². The zero-order chi connectivity index (χ0) is 29.5. The third kappa shape index (κ3) is 5.23. The third-order valence-electron chi connectivity index (χ3n) is 7.29. The van der Waals surface area contributed by atoms with Crippen LogP contribution in [0.5, 0.6) is 0 Å². The van der Waals surface area contributed by atoms with Gasteiger partial charge >= 0.3 is 6.18 Å². The van der Waals surface area contributed by atoms with E-state index in [0.29, 0.717) is 48.3 Å². The topological polar surface area (TPSA) is 136 Å². The maximum Gasteiger partial charge on any atom is 0.400 e. The van der Waals surface area contributed by atoms with Crippen LogP contribution in [0, 0.1) is 10.8 Å². The number of amides is 1. The molecule has 4 N–H and O–H groups in total. The average molecular weight is 598 g/mol. The Labute approximate surface area is 242 Å². The number of aliphatic imine (C=N–C) groups is 1. The van der Waals surface area contributed by atoms with Gasteiger partial charge in [-0.2, -0.15) is 13.2 Å². The van der Waals surface area contributed by atoms with Gasteiger partial charge in [0.2, 0.25) is 12.1 Å². The van der Waals surface area contributed by atoms with Crippen molar-refractivity contribution in [3.8, 4) is 0 Å². The molecule has 0 radical (unpaired) electrons. The molecule has 0 bridgehead atoms. The van der Waals surface area contributed by atoms with Crippen molar-refractivity contribution in [2.24, 2.45) is 4.99 Å². The van der Waals surface area contributed by atoms with E-state index in [1.54, 1.807) is 12.1 Å². The Balaban J connectivity index is 1.26.